The van der Waals surface area contributed by atoms with Gasteiger partial charge in [-0.15, -0.1) is 6.58 Å². The van der Waals surface area contributed by atoms with Gasteiger partial charge in [-0.1, -0.05) is 39.2 Å². The van der Waals surface area contributed by atoms with Crippen LogP contribution in [0, 0.1) is 19.9 Å². The van der Waals surface area contributed by atoms with E-state index in [9.17, 15) is 0 Å². The maximum Gasteiger partial charge on any atom is 3.00 e. The van der Waals surface area contributed by atoms with Gasteiger partial charge in [0.2, 0.25) is 0 Å². The van der Waals surface area contributed by atoms with Gasteiger partial charge in [0.25, 0.3) is 0 Å². The molecular formula is C17H29Zr. The fraction of sp³-hybridized carbons (Fsp3) is 0.529. The van der Waals surface area contributed by atoms with Gasteiger partial charge < -0.3 is 13.8 Å². The molecule has 0 aliphatic heterocycles. The van der Waals surface area contributed by atoms with Crippen LogP contribution in [0.15, 0.2) is 30.4 Å². The molecule has 0 heterocycles. The minimum Gasteiger partial charge on any atom is -0.343 e. The molecule has 0 nitrogen and oxygen atoms in total. The Balaban J connectivity index is -0.000000214. The van der Waals surface area contributed by atoms with Gasteiger partial charge in [-0.05, 0) is 12.8 Å². The monoisotopic (exact) mass is 323 g/mol. The third-order valence-corrected chi connectivity index (χ3v) is 2.13. The van der Waals surface area contributed by atoms with Gasteiger partial charge in [0.1, 0.15) is 0 Å². The van der Waals surface area contributed by atoms with E-state index >= 15 is 0 Å². The summed E-state index contributed by atoms with van der Waals surface area (Å²) in [6.07, 6.45) is 17.2. The van der Waals surface area contributed by atoms with E-state index in [1.165, 1.54) is 18.4 Å². The van der Waals surface area contributed by atoms with Crippen molar-refractivity contribution in [3.8, 4) is 0 Å². The smallest absolute Gasteiger partial charge is 0.343 e. The van der Waals surface area contributed by atoms with E-state index in [1.54, 1.807) is 0 Å². The number of hydrogen-bond donors (Lipinski definition) is 0. The van der Waals surface area contributed by atoms with Gasteiger partial charge in [0.05, 0.1) is 0 Å². The molecule has 18 heavy (non-hydrogen) atoms. The molecule has 0 bridgehead atoms. The zero-order chi connectivity index (χ0) is 13.4. The van der Waals surface area contributed by atoms with Crippen molar-refractivity contribution >= 4 is 0 Å². The Bertz CT molecular complexity index is 194. The SMILES string of the molecule is C=CCCC1=[C-]C=CC1.[CH2-]CCC.[CH2-]CCC.[Zr+3]. The van der Waals surface area contributed by atoms with Crippen LogP contribution >= 0.6 is 0 Å². The number of hydrogen-bond acceptors (Lipinski definition) is 0. The summed E-state index contributed by atoms with van der Waals surface area (Å²) >= 11 is 0. The fourth-order valence-corrected chi connectivity index (χ4v) is 0.887. The summed E-state index contributed by atoms with van der Waals surface area (Å²) in [7, 11) is 0. The molecule has 0 spiro atoms. The molecule has 1 heteroatoms. The Morgan fingerprint density at radius 3 is 2.06 bits per heavy atom. The van der Waals surface area contributed by atoms with Crippen molar-refractivity contribution in [3.05, 3.63) is 50.3 Å². The van der Waals surface area contributed by atoms with Gasteiger partial charge >= 0.3 is 26.2 Å². The van der Waals surface area contributed by atoms with E-state index in [1.807, 2.05) is 12.2 Å². The van der Waals surface area contributed by atoms with Crippen molar-refractivity contribution in [2.75, 3.05) is 0 Å². The standard InChI is InChI=1S/C9H11.2C4H9.Zr/c1-2-3-6-9-7-4-5-8-9;2*1-3-4-2;/h2,4-5H,1,3,6-7H2;2*1,3-4H2,2H3;/q3*-1;+3. The molecule has 0 unspecified atom stereocenters. The Morgan fingerprint density at radius 1 is 1.28 bits per heavy atom. The molecule has 1 aliphatic carbocycles. The molecule has 0 amide bonds. The van der Waals surface area contributed by atoms with Gasteiger partial charge in [-0.25, -0.2) is 12.2 Å². The van der Waals surface area contributed by atoms with Crippen LogP contribution in [0.2, 0.25) is 0 Å². The van der Waals surface area contributed by atoms with Gasteiger partial charge in [0, 0.05) is 0 Å². The quantitative estimate of drug-likeness (QED) is 0.437. The Kier molecular flexibility index (Phi) is 28.8. The molecule has 1 radical (unpaired) electrons. The second-order valence-electron chi connectivity index (χ2n) is 3.89. The summed E-state index contributed by atoms with van der Waals surface area (Å²) < 4.78 is 0. The van der Waals surface area contributed by atoms with Crippen molar-refractivity contribution in [3.63, 3.8) is 0 Å². The van der Waals surface area contributed by atoms with E-state index in [4.69, 9.17) is 0 Å². The van der Waals surface area contributed by atoms with Gasteiger partial charge in [0.15, 0.2) is 0 Å². The van der Waals surface area contributed by atoms with E-state index in [-0.39, 0.29) is 26.2 Å². The molecule has 0 aromatic rings. The van der Waals surface area contributed by atoms with Crippen molar-refractivity contribution in [1.82, 2.24) is 0 Å². The van der Waals surface area contributed by atoms with E-state index in [0.717, 1.165) is 32.1 Å². The molecule has 0 atom stereocenters. The van der Waals surface area contributed by atoms with Crippen LogP contribution in [0.25, 0.3) is 0 Å². The number of rotatable bonds is 5. The summed E-state index contributed by atoms with van der Waals surface area (Å²) in [5.74, 6) is 0. The first-order chi connectivity index (χ1) is 8.26. The molecule has 0 aromatic carbocycles. The van der Waals surface area contributed by atoms with Crippen LogP contribution in [0.5, 0.6) is 0 Å². The Morgan fingerprint density at radius 2 is 1.78 bits per heavy atom. The van der Waals surface area contributed by atoms with Crippen LogP contribution in [0.3, 0.4) is 0 Å². The molecular weight excluding hydrogens is 295 g/mol. The van der Waals surface area contributed by atoms with Crippen molar-refractivity contribution in [1.29, 1.82) is 0 Å². The summed E-state index contributed by atoms with van der Waals surface area (Å²) in [5, 5.41) is 0. The predicted octanol–water partition coefficient (Wildman–Crippen LogP) is 5.88. The first kappa shape index (κ1) is 23.2. The largest absolute Gasteiger partial charge is 3.00 e. The average molecular weight is 325 g/mol. The molecule has 0 saturated carbocycles. The second kappa shape index (κ2) is 22.3. The zero-order valence-corrected chi connectivity index (χ0v) is 14.8. The molecule has 0 fully saturated rings. The summed E-state index contributed by atoms with van der Waals surface area (Å²) in [4.78, 5) is 0. The third kappa shape index (κ3) is 21.4. The van der Waals surface area contributed by atoms with Crippen LogP contribution in [0.4, 0.5) is 0 Å². The van der Waals surface area contributed by atoms with Crippen molar-refractivity contribution < 1.29 is 26.2 Å². The van der Waals surface area contributed by atoms with Crippen LogP contribution in [-0.4, -0.2) is 0 Å². The second-order valence-corrected chi connectivity index (χ2v) is 3.89. The minimum absolute atomic E-state index is 0. The van der Waals surface area contributed by atoms with Crippen molar-refractivity contribution in [2.45, 2.75) is 58.8 Å². The van der Waals surface area contributed by atoms with Crippen molar-refractivity contribution in [2.24, 2.45) is 0 Å². The summed E-state index contributed by atoms with van der Waals surface area (Å²) in [6.45, 7) is 15.1. The third-order valence-electron chi connectivity index (χ3n) is 2.13. The first-order valence-corrected chi connectivity index (χ1v) is 6.72. The zero-order valence-electron chi connectivity index (χ0n) is 12.3. The van der Waals surface area contributed by atoms with E-state index in [2.05, 4.69) is 46.4 Å². The first-order valence-electron chi connectivity index (χ1n) is 6.72. The van der Waals surface area contributed by atoms with Crippen LogP contribution in [-0.2, 0) is 26.2 Å². The summed E-state index contributed by atoms with van der Waals surface area (Å²) in [6, 6.07) is 0. The molecule has 0 N–H and O–H groups in total. The number of unbranched alkanes of at least 4 members (excludes halogenated alkanes) is 2. The maximum atomic E-state index is 3.66. The van der Waals surface area contributed by atoms with E-state index < -0.39 is 0 Å². The predicted molar refractivity (Wildman–Crippen MR) is 80.5 cm³/mol. The minimum atomic E-state index is 0. The molecule has 101 valence electrons. The van der Waals surface area contributed by atoms with Gasteiger partial charge in [-0.3, -0.25) is 6.08 Å². The van der Waals surface area contributed by atoms with Crippen LogP contribution in [0.1, 0.15) is 58.8 Å². The molecule has 1 aliphatic rings. The Hall–Kier alpha value is 0.103. The molecule has 0 aromatic heterocycles. The van der Waals surface area contributed by atoms with E-state index in [0.29, 0.717) is 0 Å². The number of allylic oxidation sites excluding steroid dienone is 5. The summed E-state index contributed by atoms with van der Waals surface area (Å²) in [5.41, 5.74) is 1.41. The normalized spacial score (nSPS) is 11.2. The van der Waals surface area contributed by atoms with Gasteiger partial charge in [-0.2, -0.15) is 18.4 Å². The molecule has 1 rings (SSSR count). The fourth-order valence-electron chi connectivity index (χ4n) is 0.887. The topological polar surface area (TPSA) is 0 Å². The molecule has 0 saturated heterocycles. The van der Waals surface area contributed by atoms with Crippen LogP contribution < -0.4 is 0 Å². The average Bonchev–Trinajstić information content (AvgIpc) is 2.90. The maximum absolute atomic E-state index is 3.66. The Labute approximate surface area is 135 Å².